The highest BCUT2D eigenvalue weighted by molar-refractivity contribution is 7.89. The van der Waals surface area contributed by atoms with Crippen LogP contribution in [0.25, 0.3) is 0 Å². The van der Waals surface area contributed by atoms with Crippen LogP contribution in [0.4, 0.5) is 19.0 Å². The van der Waals surface area contributed by atoms with Crippen LogP contribution >= 0.6 is 0 Å². The van der Waals surface area contributed by atoms with Gasteiger partial charge in [-0.1, -0.05) is 6.07 Å². The van der Waals surface area contributed by atoms with Gasteiger partial charge in [0.2, 0.25) is 15.9 Å². The molecule has 2 aromatic rings. The number of pyridine rings is 1. The molecule has 1 aliphatic carbocycles. The average molecular weight is 483 g/mol. The van der Waals surface area contributed by atoms with E-state index in [-0.39, 0.29) is 24.0 Å². The molecule has 1 aromatic carbocycles. The molecule has 1 amide bonds. The smallest absolute Gasteiger partial charge is 0.369 e. The fraction of sp³-hybridized carbons (Fsp3) is 0.455. The molecule has 1 fully saturated rings. The van der Waals surface area contributed by atoms with Gasteiger partial charge in [-0.15, -0.1) is 0 Å². The number of aromatic nitrogens is 1. The van der Waals surface area contributed by atoms with Gasteiger partial charge in [-0.25, -0.2) is 13.4 Å². The molecule has 178 valence electrons. The first kappa shape index (κ1) is 23.5. The Labute approximate surface area is 190 Å². The van der Waals surface area contributed by atoms with Crippen molar-refractivity contribution >= 4 is 21.7 Å². The first-order valence-corrected chi connectivity index (χ1v) is 12.1. The Morgan fingerprint density at radius 3 is 2.45 bits per heavy atom. The zero-order chi connectivity index (χ0) is 24.1. The van der Waals surface area contributed by atoms with Gasteiger partial charge in [0.05, 0.1) is 16.4 Å². The van der Waals surface area contributed by atoms with E-state index in [1.54, 1.807) is 25.1 Å². The van der Waals surface area contributed by atoms with Crippen LogP contribution in [0.15, 0.2) is 41.4 Å². The van der Waals surface area contributed by atoms with Crippen LogP contribution in [0.1, 0.15) is 42.9 Å². The average Bonchev–Trinajstić information content (AvgIpc) is 3.18. The molecule has 0 bridgehead atoms. The molecule has 1 aromatic heterocycles. The number of nitrogens with zero attached hydrogens (tertiary/aromatic N) is 3. The summed E-state index contributed by atoms with van der Waals surface area (Å²) >= 11 is 0. The second-order valence-corrected chi connectivity index (χ2v) is 10.4. The Balaban J connectivity index is 1.57. The fourth-order valence-corrected chi connectivity index (χ4v) is 6.39. The van der Waals surface area contributed by atoms with Gasteiger partial charge in [-0.3, -0.25) is 4.79 Å². The van der Waals surface area contributed by atoms with Gasteiger partial charge in [0, 0.05) is 31.4 Å². The second kappa shape index (κ2) is 8.28. The predicted molar refractivity (Wildman–Crippen MR) is 116 cm³/mol. The molecule has 1 aliphatic heterocycles. The number of rotatable bonds is 4. The molecule has 3 atom stereocenters. The van der Waals surface area contributed by atoms with E-state index >= 15 is 0 Å². The standard InChI is InChI=1S/C22H25F3N4O3S/c1-13-14(2)29(10-9-28(13)20-8-5-16(12-27-20)22(23,24)25)33(31,32)17-6-3-15-4-7-18(21(26)30)19(15)11-17/h3,5-6,8,11-14,18H,4,7,9-10H2,1-2H3,(H2,26,30)/t13-,14+,18?/m0/s1. The van der Waals surface area contributed by atoms with E-state index in [2.05, 4.69) is 4.98 Å². The summed E-state index contributed by atoms with van der Waals surface area (Å²) < 4.78 is 66.9. The van der Waals surface area contributed by atoms with Crippen molar-refractivity contribution in [2.75, 3.05) is 18.0 Å². The van der Waals surface area contributed by atoms with E-state index in [0.29, 0.717) is 24.2 Å². The second-order valence-electron chi connectivity index (χ2n) is 8.55. The maximum absolute atomic E-state index is 13.5. The molecular formula is C22H25F3N4O3S. The summed E-state index contributed by atoms with van der Waals surface area (Å²) in [6.45, 7) is 4.00. The minimum Gasteiger partial charge on any atom is -0.369 e. The third-order valence-corrected chi connectivity index (χ3v) is 8.70. The monoisotopic (exact) mass is 482 g/mol. The van der Waals surface area contributed by atoms with E-state index in [1.165, 1.54) is 10.4 Å². The van der Waals surface area contributed by atoms with Crippen molar-refractivity contribution < 1.29 is 26.4 Å². The molecule has 2 heterocycles. The molecule has 0 spiro atoms. The number of sulfonamides is 1. The maximum Gasteiger partial charge on any atom is 0.417 e. The van der Waals surface area contributed by atoms with Gasteiger partial charge >= 0.3 is 6.18 Å². The molecular weight excluding hydrogens is 457 g/mol. The summed E-state index contributed by atoms with van der Waals surface area (Å²) in [6.07, 6.45) is -2.44. The van der Waals surface area contributed by atoms with Gasteiger partial charge in [-0.05, 0) is 62.1 Å². The lowest BCUT2D eigenvalue weighted by Gasteiger charge is -2.44. The highest BCUT2D eigenvalue weighted by atomic mass is 32.2. The number of hydrogen-bond acceptors (Lipinski definition) is 5. The zero-order valence-corrected chi connectivity index (χ0v) is 19.0. The Morgan fingerprint density at radius 2 is 1.85 bits per heavy atom. The summed E-state index contributed by atoms with van der Waals surface area (Å²) in [6, 6.07) is 6.33. The first-order valence-electron chi connectivity index (χ1n) is 10.6. The molecule has 7 nitrogen and oxygen atoms in total. The number of hydrogen-bond donors (Lipinski definition) is 1. The molecule has 2 aliphatic rings. The molecule has 0 radical (unpaired) electrons. The highest BCUT2D eigenvalue weighted by Gasteiger charge is 2.40. The van der Waals surface area contributed by atoms with E-state index in [1.807, 2.05) is 11.8 Å². The van der Waals surface area contributed by atoms with Crippen molar-refractivity contribution in [2.24, 2.45) is 5.73 Å². The summed E-state index contributed by atoms with van der Waals surface area (Å²) in [4.78, 5) is 17.6. The third kappa shape index (κ3) is 4.19. The summed E-state index contributed by atoms with van der Waals surface area (Å²) in [7, 11) is -3.86. The lowest BCUT2D eigenvalue weighted by Crippen LogP contribution is -2.59. The van der Waals surface area contributed by atoms with Crippen molar-refractivity contribution in [3.8, 4) is 0 Å². The van der Waals surface area contributed by atoms with Crippen LogP contribution in [0.2, 0.25) is 0 Å². The molecule has 33 heavy (non-hydrogen) atoms. The highest BCUT2D eigenvalue weighted by Crippen LogP contribution is 2.36. The van der Waals surface area contributed by atoms with Gasteiger partial charge in [0.1, 0.15) is 5.82 Å². The number of carbonyl (C=O) groups excluding carboxylic acids is 1. The largest absolute Gasteiger partial charge is 0.417 e. The lowest BCUT2D eigenvalue weighted by molar-refractivity contribution is -0.137. The number of primary amides is 1. The minimum absolute atomic E-state index is 0.106. The number of halogens is 3. The number of benzene rings is 1. The normalized spacial score (nSPS) is 24.0. The van der Waals surface area contributed by atoms with Gasteiger partial charge < -0.3 is 10.6 Å². The van der Waals surface area contributed by atoms with Crippen molar-refractivity contribution in [3.63, 3.8) is 0 Å². The van der Waals surface area contributed by atoms with Crippen molar-refractivity contribution in [3.05, 3.63) is 53.2 Å². The summed E-state index contributed by atoms with van der Waals surface area (Å²) in [5, 5.41) is 0. The zero-order valence-electron chi connectivity index (χ0n) is 18.2. The van der Waals surface area contributed by atoms with Crippen LogP contribution in [-0.2, 0) is 27.4 Å². The van der Waals surface area contributed by atoms with Crippen LogP contribution in [0, 0.1) is 0 Å². The number of alkyl halides is 3. The van der Waals surface area contributed by atoms with E-state index < -0.39 is 39.6 Å². The number of aryl methyl sites for hydroxylation is 1. The van der Waals surface area contributed by atoms with E-state index in [0.717, 1.165) is 17.8 Å². The van der Waals surface area contributed by atoms with Crippen LogP contribution in [0.3, 0.4) is 0 Å². The molecule has 1 unspecified atom stereocenters. The number of nitrogens with two attached hydrogens (primary N) is 1. The summed E-state index contributed by atoms with van der Waals surface area (Å²) in [5.74, 6) is -0.599. The van der Waals surface area contributed by atoms with Crippen molar-refractivity contribution in [1.82, 2.24) is 9.29 Å². The number of amides is 1. The van der Waals surface area contributed by atoms with E-state index in [9.17, 15) is 26.4 Å². The van der Waals surface area contributed by atoms with Crippen molar-refractivity contribution in [2.45, 2.75) is 55.8 Å². The third-order valence-electron chi connectivity index (χ3n) is 6.72. The van der Waals surface area contributed by atoms with Crippen LogP contribution in [-0.4, -0.2) is 48.8 Å². The Bertz CT molecular complexity index is 1170. The van der Waals surface area contributed by atoms with Gasteiger partial charge in [0.25, 0.3) is 0 Å². The van der Waals surface area contributed by atoms with Crippen molar-refractivity contribution in [1.29, 1.82) is 0 Å². The maximum atomic E-state index is 13.5. The molecule has 0 saturated carbocycles. The quantitative estimate of drug-likeness (QED) is 0.723. The topological polar surface area (TPSA) is 96.6 Å². The number of carbonyl (C=O) groups is 1. The van der Waals surface area contributed by atoms with E-state index in [4.69, 9.17) is 5.73 Å². The van der Waals surface area contributed by atoms with Gasteiger partial charge in [-0.2, -0.15) is 17.5 Å². The summed E-state index contributed by atoms with van der Waals surface area (Å²) in [5.41, 5.74) is 6.24. The predicted octanol–water partition coefficient (Wildman–Crippen LogP) is 2.90. The fourth-order valence-electron chi connectivity index (χ4n) is 4.67. The molecule has 11 heteroatoms. The molecule has 2 N–H and O–H groups in total. The lowest BCUT2D eigenvalue weighted by atomic mass is 10.0. The first-order chi connectivity index (χ1) is 15.4. The Kier molecular flexibility index (Phi) is 5.90. The number of fused-ring (bicyclic) bond motifs is 1. The number of anilines is 1. The molecule has 1 saturated heterocycles. The van der Waals surface area contributed by atoms with Crippen LogP contribution in [0.5, 0.6) is 0 Å². The number of piperazine rings is 1. The van der Waals surface area contributed by atoms with Crippen LogP contribution < -0.4 is 10.6 Å². The Morgan fingerprint density at radius 1 is 1.12 bits per heavy atom. The molecule has 4 rings (SSSR count). The minimum atomic E-state index is -4.47. The Hall–Kier alpha value is -2.66. The SMILES string of the molecule is C[C@@H]1[C@H](C)N(c2ccc(C(F)(F)F)cn2)CCN1S(=O)(=O)c1ccc2c(c1)C(C(N)=O)CC2. The van der Waals surface area contributed by atoms with Gasteiger partial charge in [0.15, 0.2) is 0 Å².